The van der Waals surface area contributed by atoms with Crippen LogP contribution in [0.25, 0.3) is 0 Å². The molecule has 0 unspecified atom stereocenters. The van der Waals surface area contributed by atoms with E-state index in [1.54, 1.807) is 6.92 Å². The first kappa shape index (κ1) is 11.6. The van der Waals surface area contributed by atoms with Gasteiger partial charge in [-0.2, -0.15) is 0 Å². The van der Waals surface area contributed by atoms with Gasteiger partial charge >= 0.3 is 5.97 Å². The van der Waals surface area contributed by atoms with Gasteiger partial charge in [-0.05, 0) is 32.6 Å². The van der Waals surface area contributed by atoms with E-state index < -0.39 is 5.41 Å². The quantitative estimate of drug-likeness (QED) is 0.536. The van der Waals surface area contributed by atoms with Crippen LogP contribution < -0.4 is 0 Å². The van der Waals surface area contributed by atoms with Crippen LogP contribution >= 0.6 is 0 Å². The summed E-state index contributed by atoms with van der Waals surface area (Å²) < 4.78 is 10.3. The zero-order chi connectivity index (χ0) is 11.6. The molecule has 0 amide bonds. The average Bonchev–Trinajstić information content (AvgIpc) is 3.13. The van der Waals surface area contributed by atoms with Crippen LogP contribution in [0.5, 0.6) is 0 Å². The number of hydrogen-bond donors (Lipinski definition) is 0. The fourth-order valence-corrected chi connectivity index (χ4v) is 2.28. The summed E-state index contributed by atoms with van der Waals surface area (Å²) in [6, 6.07) is 0. The molecule has 16 heavy (non-hydrogen) atoms. The molecule has 4 nitrogen and oxygen atoms in total. The second kappa shape index (κ2) is 4.53. The highest BCUT2D eigenvalue weighted by Gasteiger charge is 2.52. The van der Waals surface area contributed by atoms with Crippen LogP contribution in [-0.4, -0.2) is 31.6 Å². The SMILES string of the molecule is CCOC(=O)C1(C(=O)C2CC2)CCOCC1. The first-order valence-corrected chi connectivity index (χ1v) is 6.00. The summed E-state index contributed by atoms with van der Waals surface area (Å²) in [6.45, 7) is 3.07. The zero-order valence-electron chi connectivity index (χ0n) is 9.66. The molecule has 0 aromatic heterocycles. The van der Waals surface area contributed by atoms with Crippen molar-refractivity contribution in [3.63, 3.8) is 0 Å². The maximum Gasteiger partial charge on any atom is 0.319 e. The van der Waals surface area contributed by atoms with Crippen LogP contribution in [0.3, 0.4) is 0 Å². The fraction of sp³-hybridized carbons (Fsp3) is 0.833. The van der Waals surface area contributed by atoms with Gasteiger partial charge in [-0.1, -0.05) is 0 Å². The fourth-order valence-electron chi connectivity index (χ4n) is 2.28. The second-order valence-corrected chi connectivity index (χ2v) is 4.55. The van der Waals surface area contributed by atoms with Crippen LogP contribution in [0, 0.1) is 11.3 Å². The van der Waals surface area contributed by atoms with Gasteiger partial charge in [-0.3, -0.25) is 9.59 Å². The number of ether oxygens (including phenoxy) is 2. The zero-order valence-corrected chi connectivity index (χ0v) is 9.66. The number of esters is 1. The summed E-state index contributed by atoms with van der Waals surface area (Å²) in [5, 5.41) is 0. The molecule has 0 bridgehead atoms. The lowest BCUT2D eigenvalue weighted by Crippen LogP contribution is -2.45. The molecule has 4 heteroatoms. The summed E-state index contributed by atoms with van der Waals surface area (Å²) in [5.41, 5.74) is -0.893. The van der Waals surface area contributed by atoms with E-state index in [0.717, 1.165) is 12.8 Å². The van der Waals surface area contributed by atoms with E-state index in [4.69, 9.17) is 9.47 Å². The van der Waals surface area contributed by atoms with Crippen molar-refractivity contribution >= 4 is 11.8 Å². The second-order valence-electron chi connectivity index (χ2n) is 4.55. The van der Waals surface area contributed by atoms with Crippen molar-refractivity contribution in [3.8, 4) is 0 Å². The summed E-state index contributed by atoms with van der Waals surface area (Å²) in [6.07, 6.45) is 2.84. The highest BCUT2D eigenvalue weighted by atomic mass is 16.5. The number of rotatable bonds is 4. The Balaban J connectivity index is 2.16. The first-order chi connectivity index (χ1) is 7.70. The number of hydrogen-bond acceptors (Lipinski definition) is 4. The first-order valence-electron chi connectivity index (χ1n) is 6.00. The highest BCUT2D eigenvalue weighted by molar-refractivity contribution is 6.05. The predicted molar refractivity (Wildman–Crippen MR) is 56.9 cm³/mol. The van der Waals surface area contributed by atoms with Gasteiger partial charge in [-0.25, -0.2) is 0 Å². The molecule has 0 aromatic rings. The van der Waals surface area contributed by atoms with Crippen LogP contribution in [0.15, 0.2) is 0 Å². The molecule has 2 fully saturated rings. The van der Waals surface area contributed by atoms with Gasteiger partial charge in [0.1, 0.15) is 5.41 Å². The summed E-state index contributed by atoms with van der Waals surface area (Å²) in [4.78, 5) is 24.2. The Bertz CT molecular complexity index is 287. The molecule has 1 heterocycles. The molecule has 0 spiro atoms. The van der Waals surface area contributed by atoms with Crippen LogP contribution in [0.4, 0.5) is 0 Å². The van der Waals surface area contributed by atoms with E-state index in [1.807, 2.05) is 0 Å². The predicted octanol–water partition coefficient (Wildman–Crippen LogP) is 1.33. The normalized spacial score (nSPS) is 23.8. The molecule has 0 radical (unpaired) electrons. The number of Topliss-reactive ketones (excluding diaryl/α,β-unsaturated/α-hetero) is 1. The molecule has 90 valence electrons. The Morgan fingerprint density at radius 3 is 2.44 bits per heavy atom. The summed E-state index contributed by atoms with van der Waals surface area (Å²) in [7, 11) is 0. The minimum atomic E-state index is -0.893. The van der Waals surface area contributed by atoms with Gasteiger partial charge in [0.2, 0.25) is 0 Å². The van der Waals surface area contributed by atoms with Crippen molar-refractivity contribution in [3.05, 3.63) is 0 Å². The van der Waals surface area contributed by atoms with Crippen LogP contribution in [0.1, 0.15) is 32.6 Å². The summed E-state index contributed by atoms with van der Waals surface area (Å²) in [5.74, 6) is -0.146. The van der Waals surface area contributed by atoms with Crippen LogP contribution in [-0.2, 0) is 19.1 Å². The van der Waals surface area contributed by atoms with Gasteiger partial charge in [-0.15, -0.1) is 0 Å². The lowest BCUT2D eigenvalue weighted by Gasteiger charge is -2.33. The van der Waals surface area contributed by atoms with E-state index in [9.17, 15) is 9.59 Å². The van der Waals surface area contributed by atoms with E-state index >= 15 is 0 Å². The molecule has 2 aliphatic rings. The molecule has 1 saturated heterocycles. The molecule has 1 aliphatic carbocycles. The lowest BCUT2D eigenvalue weighted by atomic mass is 9.74. The number of carbonyl (C=O) groups is 2. The lowest BCUT2D eigenvalue weighted by molar-refractivity contribution is -0.167. The minimum Gasteiger partial charge on any atom is -0.465 e. The molecular formula is C12H18O4. The standard InChI is InChI=1S/C12H18O4/c1-2-16-11(14)12(5-7-15-8-6-12)10(13)9-3-4-9/h9H,2-8H2,1H3. The van der Waals surface area contributed by atoms with Gasteiger partial charge in [0.25, 0.3) is 0 Å². The molecule has 1 saturated carbocycles. The Morgan fingerprint density at radius 1 is 1.31 bits per heavy atom. The minimum absolute atomic E-state index is 0.0919. The third kappa shape index (κ3) is 1.98. The monoisotopic (exact) mass is 226 g/mol. The maximum atomic E-state index is 12.2. The van der Waals surface area contributed by atoms with Crippen molar-refractivity contribution in [1.29, 1.82) is 0 Å². The molecule has 0 atom stereocenters. The maximum absolute atomic E-state index is 12.2. The van der Waals surface area contributed by atoms with Crippen molar-refractivity contribution in [2.24, 2.45) is 11.3 Å². The van der Waals surface area contributed by atoms with Crippen molar-refractivity contribution in [2.75, 3.05) is 19.8 Å². The van der Waals surface area contributed by atoms with Gasteiger partial charge in [0, 0.05) is 19.1 Å². The smallest absolute Gasteiger partial charge is 0.319 e. The van der Waals surface area contributed by atoms with Gasteiger partial charge in [0.05, 0.1) is 6.61 Å². The Morgan fingerprint density at radius 2 is 1.94 bits per heavy atom. The molecule has 0 N–H and O–H groups in total. The van der Waals surface area contributed by atoms with Crippen molar-refractivity contribution in [2.45, 2.75) is 32.6 Å². The Labute approximate surface area is 95.3 Å². The van der Waals surface area contributed by atoms with Crippen molar-refractivity contribution < 1.29 is 19.1 Å². The molecule has 2 rings (SSSR count). The van der Waals surface area contributed by atoms with E-state index in [2.05, 4.69) is 0 Å². The number of carbonyl (C=O) groups excluding carboxylic acids is 2. The highest BCUT2D eigenvalue weighted by Crippen LogP contribution is 2.43. The third-order valence-electron chi connectivity index (χ3n) is 3.43. The molecule has 1 aliphatic heterocycles. The van der Waals surface area contributed by atoms with Crippen LogP contribution in [0.2, 0.25) is 0 Å². The Hall–Kier alpha value is -0.900. The summed E-state index contributed by atoms with van der Waals surface area (Å²) >= 11 is 0. The largest absolute Gasteiger partial charge is 0.465 e. The van der Waals surface area contributed by atoms with Gasteiger partial charge < -0.3 is 9.47 Å². The van der Waals surface area contributed by atoms with Crippen molar-refractivity contribution in [1.82, 2.24) is 0 Å². The molecule has 0 aromatic carbocycles. The number of ketones is 1. The molecular weight excluding hydrogens is 208 g/mol. The van der Waals surface area contributed by atoms with E-state index in [1.165, 1.54) is 0 Å². The Kier molecular flexibility index (Phi) is 3.28. The van der Waals surface area contributed by atoms with Gasteiger partial charge in [0.15, 0.2) is 5.78 Å². The van der Waals surface area contributed by atoms with E-state index in [0.29, 0.717) is 32.7 Å². The van der Waals surface area contributed by atoms with E-state index in [-0.39, 0.29) is 17.7 Å². The average molecular weight is 226 g/mol. The third-order valence-corrected chi connectivity index (χ3v) is 3.43. The topological polar surface area (TPSA) is 52.6 Å².